The van der Waals surface area contributed by atoms with Crippen molar-refractivity contribution in [2.45, 2.75) is 45.3 Å². The van der Waals surface area contributed by atoms with Crippen LogP contribution in [0.2, 0.25) is 0 Å². The summed E-state index contributed by atoms with van der Waals surface area (Å²) in [6.45, 7) is 7.13. The molecule has 2 atom stereocenters. The van der Waals surface area contributed by atoms with E-state index in [0.29, 0.717) is 12.0 Å². The van der Waals surface area contributed by atoms with Crippen LogP contribution in [-0.4, -0.2) is 23.3 Å². The molecule has 11 heavy (non-hydrogen) atoms. The second-order valence-corrected chi connectivity index (χ2v) is 4.03. The van der Waals surface area contributed by atoms with Gasteiger partial charge in [0, 0.05) is 6.04 Å². The van der Waals surface area contributed by atoms with Crippen molar-refractivity contribution >= 4 is 0 Å². The van der Waals surface area contributed by atoms with Crippen LogP contribution in [-0.2, 0) is 0 Å². The highest BCUT2D eigenvalue weighted by atomic mass is 16.3. The van der Waals surface area contributed by atoms with Crippen LogP contribution in [0, 0.1) is 5.92 Å². The van der Waals surface area contributed by atoms with Crippen molar-refractivity contribution in [1.29, 1.82) is 0 Å². The zero-order valence-electron chi connectivity index (χ0n) is 7.72. The van der Waals surface area contributed by atoms with Gasteiger partial charge in [-0.3, -0.25) is 0 Å². The molecule has 1 heterocycles. The molecule has 0 spiro atoms. The normalized spacial score (nSPS) is 30.8. The third-order valence-electron chi connectivity index (χ3n) is 2.93. The monoisotopic (exact) mass is 157 g/mol. The van der Waals surface area contributed by atoms with Crippen LogP contribution in [0.15, 0.2) is 0 Å². The Hall–Kier alpha value is -0.0800. The molecule has 0 aliphatic carbocycles. The maximum absolute atomic E-state index is 10.0. The molecule has 1 saturated heterocycles. The second-order valence-electron chi connectivity index (χ2n) is 4.03. The van der Waals surface area contributed by atoms with Crippen LogP contribution < -0.4 is 5.32 Å². The van der Waals surface area contributed by atoms with Crippen LogP contribution in [0.3, 0.4) is 0 Å². The fourth-order valence-corrected chi connectivity index (χ4v) is 1.59. The largest absolute Gasteiger partial charge is 0.388 e. The summed E-state index contributed by atoms with van der Waals surface area (Å²) in [6, 6.07) is 0.308. The average Bonchev–Trinajstić information content (AvgIpc) is 2.37. The molecule has 0 saturated carbocycles. The zero-order valence-corrected chi connectivity index (χ0v) is 7.72. The SMILES string of the molecule is CC(C)C(C)(O)C1CCCN1. The summed E-state index contributed by atoms with van der Waals surface area (Å²) in [7, 11) is 0. The first-order valence-electron chi connectivity index (χ1n) is 4.51. The lowest BCUT2D eigenvalue weighted by atomic mass is 9.84. The third kappa shape index (κ3) is 1.74. The molecule has 66 valence electrons. The topological polar surface area (TPSA) is 32.3 Å². The molecular formula is C9H19NO. The minimum atomic E-state index is -0.531. The first-order valence-corrected chi connectivity index (χ1v) is 4.51. The second kappa shape index (κ2) is 3.11. The van der Waals surface area contributed by atoms with Gasteiger partial charge < -0.3 is 10.4 Å². The van der Waals surface area contributed by atoms with Crippen LogP contribution >= 0.6 is 0 Å². The molecule has 0 aromatic rings. The molecule has 2 nitrogen and oxygen atoms in total. The highest BCUT2D eigenvalue weighted by Crippen LogP contribution is 2.25. The van der Waals surface area contributed by atoms with Crippen molar-refractivity contribution < 1.29 is 5.11 Å². The van der Waals surface area contributed by atoms with E-state index in [-0.39, 0.29) is 0 Å². The molecule has 1 aliphatic heterocycles. The van der Waals surface area contributed by atoms with E-state index in [2.05, 4.69) is 19.2 Å². The molecule has 1 rings (SSSR count). The van der Waals surface area contributed by atoms with Crippen molar-refractivity contribution in [2.24, 2.45) is 5.92 Å². The summed E-state index contributed by atoms with van der Waals surface area (Å²) >= 11 is 0. The number of rotatable bonds is 2. The van der Waals surface area contributed by atoms with Crippen molar-refractivity contribution in [3.05, 3.63) is 0 Å². The maximum atomic E-state index is 10.0. The fourth-order valence-electron chi connectivity index (χ4n) is 1.59. The van der Waals surface area contributed by atoms with Crippen molar-refractivity contribution in [2.75, 3.05) is 6.54 Å². The van der Waals surface area contributed by atoms with Crippen LogP contribution in [0.25, 0.3) is 0 Å². The summed E-state index contributed by atoms with van der Waals surface area (Å²) < 4.78 is 0. The molecule has 0 amide bonds. The quantitative estimate of drug-likeness (QED) is 0.630. The van der Waals surface area contributed by atoms with Gasteiger partial charge in [0.1, 0.15) is 0 Å². The van der Waals surface area contributed by atoms with E-state index in [4.69, 9.17) is 0 Å². The van der Waals surface area contributed by atoms with Crippen LogP contribution in [0.1, 0.15) is 33.6 Å². The lowest BCUT2D eigenvalue weighted by molar-refractivity contribution is -0.0168. The predicted molar refractivity (Wildman–Crippen MR) is 46.5 cm³/mol. The molecule has 0 bridgehead atoms. The minimum Gasteiger partial charge on any atom is -0.388 e. The highest BCUT2D eigenvalue weighted by molar-refractivity contribution is 4.93. The Labute approximate surface area is 69.0 Å². The summed E-state index contributed by atoms with van der Waals surface area (Å²) in [5.41, 5.74) is -0.531. The van der Waals surface area contributed by atoms with E-state index >= 15 is 0 Å². The lowest BCUT2D eigenvalue weighted by Gasteiger charge is -2.34. The Kier molecular flexibility index (Phi) is 2.55. The average molecular weight is 157 g/mol. The third-order valence-corrected chi connectivity index (χ3v) is 2.93. The van der Waals surface area contributed by atoms with Gasteiger partial charge in [0.2, 0.25) is 0 Å². The molecule has 0 radical (unpaired) electrons. The van der Waals surface area contributed by atoms with Gasteiger partial charge in [0.15, 0.2) is 0 Å². The summed E-state index contributed by atoms with van der Waals surface area (Å²) in [4.78, 5) is 0. The van der Waals surface area contributed by atoms with Gasteiger partial charge >= 0.3 is 0 Å². The van der Waals surface area contributed by atoms with E-state index in [9.17, 15) is 5.11 Å². The smallest absolute Gasteiger partial charge is 0.0794 e. The summed E-state index contributed by atoms with van der Waals surface area (Å²) in [5, 5.41) is 13.4. The van der Waals surface area contributed by atoms with Gasteiger partial charge in [0.25, 0.3) is 0 Å². The highest BCUT2D eigenvalue weighted by Gasteiger charge is 2.36. The van der Waals surface area contributed by atoms with Crippen molar-refractivity contribution in [3.63, 3.8) is 0 Å². The van der Waals surface area contributed by atoms with Gasteiger partial charge in [-0.1, -0.05) is 13.8 Å². The predicted octanol–water partition coefficient (Wildman–Crippen LogP) is 1.15. The van der Waals surface area contributed by atoms with Crippen LogP contribution in [0.4, 0.5) is 0 Å². The van der Waals surface area contributed by atoms with Crippen molar-refractivity contribution in [3.8, 4) is 0 Å². The summed E-state index contributed by atoms with van der Waals surface area (Å²) in [5.74, 6) is 0.332. The first-order chi connectivity index (χ1) is 5.05. The molecule has 0 aromatic heterocycles. The summed E-state index contributed by atoms with van der Waals surface area (Å²) in [6.07, 6.45) is 2.32. The number of nitrogens with one attached hydrogen (secondary N) is 1. The first kappa shape index (κ1) is 9.01. The Morgan fingerprint density at radius 1 is 1.55 bits per heavy atom. The Morgan fingerprint density at radius 2 is 2.18 bits per heavy atom. The van der Waals surface area contributed by atoms with E-state index in [1.807, 2.05) is 6.92 Å². The van der Waals surface area contributed by atoms with Gasteiger partial charge in [-0.15, -0.1) is 0 Å². The standard InChI is InChI=1S/C9H19NO/c1-7(2)9(3,11)8-5-4-6-10-8/h7-8,10-11H,4-6H2,1-3H3. The van der Waals surface area contributed by atoms with Crippen LogP contribution in [0.5, 0.6) is 0 Å². The minimum absolute atomic E-state index is 0.308. The van der Waals surface area contributed by atoms with E-state index in [1.165, 1.54) is 6.42 Å². The van der Waals surface area contributed by atoms with Crippen molar-refractivity contribution in [1.82, 2.24) is 5.32 Å². The molecule has 0 aromatic carbocycles. The van der Waals surface area contributed by atoms with E-state index in [0.717, 1.165) is 13.0 Å². The lowest BCUT2D eigenvalue weighted by Crippen LogP contribution is -2.49. The van der Waals surface area contributed by atoms with Gasteiger partial charge in [-0.05, 0) is 32.2 Å². The Balaban J connectivity index is 2.55. The maximum Gasteiger partial charge on any atom is 0.0794 e. The van der Waals surface area contributed by atoms with Gasteiger partial charge in [-0.2, -0.15) is 0 Å². The zero-order chi connectivity index (χ0) is 8.48. The van der Waals surface area contributed by atoms with E-state index < -0.39 is 5.60 Å². The molecule has 2 unspecified atom stereocenters. The number of hydrogen-bond donors (Lipinski definition) is 2. The molecule has 1 aliphatic rings. The van der Waals surface area contributed by atoms with E-state index in [1.54, 1.807) is 0 Å². The Bertz CT molecular complexity index is 126. The van der Waals surface area contributed by atoms with Gasteiger partial charge in [0.05, 0.1) is 5.60 Å². The Morgan fingerprint density at radius 3 is 2.55 bits per heavy atom. The van der Waals surface area contributed by atoms with Gasteiger partial charge in [-0.25, -0.2) is 0 Å². The molecular weight excluding hydrogens is 138 g/mol. The molecule has 2 N–H and O–H groups in total. The molecule has 2 heteroatoms. The fraction of sp³-hybridized carbons (Fsp3) is 1.00. The number of hydrogen-bond acceptors (Lipinski definition) is 2. The molecule has 1 fully saturated rings. The number of aliphatic hydroxyl groups is 1.